The Labute approximate surface area is 145 Å². The van der Waals surface area contributed by atoms with E-state index >= 15 is 0 Å². The minimum Gasteiger partial charge on any atom is -0.495 e. The van der Waals surface area contributed by atoms with Crippen LogP contribution in [0.5, 0.6) is 0 Å². The molecule has 0 unspecified atom stereocenters. The highest BCUT2D eigenvalue weighted by atomic mass is 35.5. The van der Waals surface area contributed by atoms with E-state index in [-0.39, 0.29) is 5.43 Å². The Hall–Kier alpha value is -2.52. The Morgan fingerprint density at radius 2 is 1.92 bits per heavy atom. The topological polar surface area (TPSA) is 31.2 Å². The van der Waals surface area contributed by atoms with Gasteiger partial charge in [-0.05, 0) is 36.8 Å². The summed E-state index contributed by atoms with van der Waals surface area (Å²) in [5.41, 5.74) is 3.02. The molecule has 4 heteroatoms. The summed E-state index contributed by atoms with van der Waals surface area (Å²) in [6.45, 7) is 5.95. The largest absolute Gasteiger partial charge is 0.495 e. The van der Waals surface area contributed by atoms with Gasteiger partial charge in [-0.25, -0.2) is 0 Å². The van der Waals surface area contributed by atoms with Crippen LogP contribution in [-0.2, 0) is 11.2 Å². The average molecular weight is 340 g/mol. The van der Waals surface area contributed by atoms with Crippen LogP contribution in [0, 0.1) is 0 Å². The average Bonchev–Trinajstić information content (AvgIpc) is 2.61. The number of pyridine rings is 1. The Kier molecular flexibility index (Phi) is 4.45. The third-order valence-corrected chi connectivity index (χ3v) is 4.34. The van der Waals surface area contributed by atoms with E-state index in [1.807, 2.05) is 41.8 Å². The molecule has 0 aliphatic heterocycles. The maximum Gasteiger partial charge on any atom is 0.193 e. The van der Waals surface area contributed by atoms with E-state index < -0.39 is 0 Å². The van der Waals surface area contributed by atoms with Gasteiger partial charge in [-0.1, -0.05) is 43.3 Å². The summed E-state index contributed by atoms with van der Waals surface area (Å²) in [6.07, 6.45) is 0.585. The molecule has 3 aromatic rings. The van der Waals surface area contributed by atoms with Gasteiger partial charge in [0.1, 0.15) is 5.76 Å². The fourth-order valence-corrected chi connectivity index (χ4v) is 3.14. The van der Waals surface area contributed by atoms with Crippen LogP contribution in [0.3, 0.4) is 0 Å². The zero-order valence-electron chi connectivity index (χ0n) is 13.7. The normalized spacial score (nSPS) is 10.8. The van der Waals surface area contributed by atoms with E-state index in [0.29, 0.717) is 33.8 Å². The van der Waals surface area contributed by atoms with Crippen molar-refractivity contribution in [3.05, 3.63) is 81.6 Å². The molecule has 0 N–H and O–H groups in total. The number of nitrogens with zero attached hydrogens (tertiary/aromatic N) is 1. The van der Waals surface area contributed by atoms with Gasteiger partial charge in [-0.15, -0.1) is 0 Å². The Balaban J connectivity index is 2.58. The van der Waals surface area contributed by atoms with Gasteiger partial charge < -0.3 is 9.30 Å². The number of para-hydroxylation sites is 1. The summed E-state index contributed by atoms with van der Waals surface area (Å²) in [5, 5.41) is 1.21. The summed E-state index contributed by atoms with van der Waals surface area (Å²) >= 11 is 6.20. The number of methoxy groups -OCH3 is 1. The zero-order chi connectivity index (χ0) is 17.3. The second kappa shape index (κ2) is 6.54. The van der Waals surface area contributed by atoms with E-state index in [2.05, 4.69) is 6.58 Å². The van der Waals surface area contributed by atoms with Crippen LogP contribution >= 0.6 is 11.6 Å². The molecule has 0 atom stereocenters. The fourth-order valence-electron chi connectivity index (χ4n) is 2.97. The first-order valence-corrected chi connectivity index (χ1v) is 8.12. The van der Waals surface area contributed by atoms with Crippen LogP contribution in [-0.4, -0.2) is 11.7 Å². The first kappa shape index (κ1) is 16.3. The van der Waals surface area contributed by atoms with Crippen molar-refractivity contribution in [2.24, 2.45) is 0 Å². The van der Waals surface area contributed by atoms with Gasteiger partial charge in [0.15, 0.2) is 5.43 Å². The van der Waals surface area contributed by atoms with E-state index in [1.165, 1.54) is 0 Å². The lowest BCUT2D eigenvalue weighted by atomic mass is 10.0. The van der Waals surface area contributed by atoms with Crippen LogP contribution in [0.2, 0.25) is 5.02 Å². The molecular formula is C20H18ClNO2. The standard InChI is InChI=1S/C20H18ClNO2/c1-4-16-19(13(2)24-3)22(15-8-6-5-7-9-15)18-12-14(21)10-11-17(18)20(16)23/h5-12H,2,4H2,1,3H3. The molecule has 0 saturated carbocycles. The minimum absolute atomic E-state index is 0.00968. The summed E-state index contributed by atoms with van der Waals surface area (Å²) < 4.78 is 7.38. The van der Waals surface area contributed by atoms with E-state index in [9.17, 15) is 4.79 Å². The SMILES string of the molecule is C=C(OC)c1c(CC)c(=O)c2ccc(Cl)cc2n1-c1ccccc1. The quantitative estimate of drug-likeness (QED) is 0.638. The lowest BCUT2D eigenvalue weighted by Crippen LogP contribution is -2.19. The molecule has 0 fully saturated rings. The first-order valence-electron chi connectivity index (χ1n) is 7.74. The molecule has 122 valence electrons. The Morgan fingerprint density at radius 3 is 2.54 bits per heavy atom. The van der Waals surface area contributed by atoms with Crippen LogP contribution in [0.1, 0.15) is 18.2 Å². The Bertz CT molecular complexity index is 974. The van der Waals surface area contributed by atoms with E-state index in [1.54, 1.807) is 25.3 Å². The highest BCUT2D eigenvalue weighted by Crippen LogP contribution is 2.28. The summed E-state index contributed by atoms with van der Waals surface area (Å²) in [7, 11) is 1.56. The van der Waals surface area contributed by atoms with Gasteiger partial charge >= 0.3 is 0 Å². The number of hydrogen-bond acceptors (Lipinski definition) is 2. The highest BCUT2D eigenvalue weighted by Gasteiger charge is 2.19. The van der Waals surface area contributed by atoms with Gasteiger partial charge in [-0.2, -0.15) is 0 Å². The van der Waals surface area contributed by atoms with Crippen molar-refractivity contribution >= 4 is 28.3 Å². The molecule has 3 rings (SSSR count). The number of ether oxygens (including phenoxy) is 1. The third-order valence-electron chi connectivity index (χ3n) is 4.11. The minimum atomic E-state index is -0.00968. The predicted octanol–water partition coefficient (Wildman–Crippen LogP) is 4.82. The number of aromatic nitrogens is 1. The van der Waals surface area contributed by atoms with Gasteiger partial charge in [0.2, 0.25) is 0 Å². The molecule has 0 aliphatic carbocycles. The molecule has 0 saturated heterocycles. The van der Waals surface area contributed by atoms with Crippen LogP contribution in [0.4, 0.5) is 0 Å². The van der Waals surface area contributed by atoms with Crippen molar-refractivity contribution in [3.8, 4) is 5.69 Å². The van der Waals surface area contributed by atoms with Gasteiger partial charge in [0.05, 0.1) is 18.3 Å². The summed E-state index contributed by atoms with van der Waals surface area (Å²) in [4.78, 5) is 12.9. The van der Waals surface area contributed by atoms with Crippen LogP contribution < -0.4 is 5.43 Å². The van der Waals surface area contributed by atoms with E-state index in [0.717, 1.165) is 11.2 Å². The third kappa shape index (κ3) is 2.61. The molecule has 1 aromatic heterocycles. The smallest absolute Gasteiger partial charge is 0.193 e. The summed E-state index contributed by atoms with van der Waals surface area (Å²) in [6, 6.07) is 15.1. The predicted molar refractivity (Wildman–Crippen MR) is 100.0 cm³/mol. The fraction of sp³-hybridized carbons (Fsp3) is 0.150. The molecule has 0 bridgehead atoms. The summed E-state index contributed by atoms with van der Waals surface area (Å²) in [5.74, 6) is 0.453. The van der Waals surface area contributed by atoms with Crippen molar-refractivity contribution < 1.29 is 4.74 Å². The lowest BCUT2D eigenvalue weighted by molar-refractivity contribution is 0.368. The monoisotopic (exact) mass is 339 g/mol. The number of fused-ring (bicyclic) bond motifs is 1. The Morgan fingerprint density at radius 1 is 1.21 bits per heavy atom. The molecule has 24 heavy (non-hydrogen) atoms. The van der Waals surface area contributed by atoms with E-state index in [4.69, 9.17) is 16.3 Å². The molecule has 0 radical (unpaired) electrons. The number of benzene rings is 2. The molecule has 0 spiro atoms. The van der Waals surface area contributed by atoms with Gasteiger partial charge in [-0.3, -0.25) is 4.79 Å². The maximum absolute atomic E-state index is 12.9. The van der Waals surface area contributed by atoms with Crippen molar-refractivity contribution in [1.29, 1.82) is 0 Å². The first-order chi connectivity index (χ1) is 11.6. The molecule has 3 nitrogen and oxygen atoms in total. The number of hydrogen-bond donors (Lipinski definition) is 0. The van der Waals surface area contributed by atoms with Gasteiger partial charge in [0, 0.05) is 21.7 Å². The lowest BCUT2D eigenvalue weighted by Gasteiger charge is -2.21. The van der Waals surface area contributed by atoms with Crippen molar-refractivity contribution in [3.63, 3.8) is 0 Å². The molecule has 0 aliphatic rings. The number of halogens is 1. The van der Waals surface area contributed by atoms with Crippen molar-refractivity contribution in [2.45, 2.75) is 13.3 Å². The molecule has 1 heterocycles. The second-order valence-corrected chi connectivity index (χ2v) is 5.91. The maximum atomic E-state index is 12.9. The second-order valence-electron chi connectivity index (χ2n) is 5.47. The molecular weight excluding hydrogens is 322 g/mol. The molecule has 0 amide bonds. The molecule has 2 aromatic carbocycles. The number of rotatable bonds is 4. The highest BCUT2D eigenvalue weighted by molar-refractivity contribution is 6.31. The van der Waals surface area contributed by atoms with Crippen molar-refractivity contribution in [2.75, 3.05) is 7.11 Å². The van der Waals surface area contributed by atoms with Gasteiger partial charge in [0.25, 0.3) is 0 Å². The van der Waals surface area contributed by atoms with Crippen LogP contribution in [0.25, 0.3) is 22.3 Å². The zero-order valence-corrected chi connectivity index (χ0v) is 14.4. The van der Waals surface area contributed by atoms with Crippen molar-refractivity contribution in [1.82, 2.24) is 4.57 Å². The van der Waals surface area contributed by atoms with Crippen LogP contribution in [0.15, 0.2) is 59.9 Å².